The highest BCUT2D eigenvalue weighted by Crippen LogP contribution is 2.36. The molecule has 0 aromatic heterocycles. The monoisotopic (exact) mass is 273 g/mol. The van der Waals surface area contributed by atoms with Gasteiger partial charge in [0.15, 0.2) is 0 Å². The third-order valence-corrected chi connectivity index (χ3v) is 4.04. The summed E-state index contributed by atoms with van der Waals surface area (Å²) in [5.41, 5.74) is 8.45. The van der Waals surface area contributed by atoms with Crippen molar-refractivity contribution in [3.63, 3.8) is 0 Å². The summed E-state index contributed by atoms with van der Waals surface area (Å²) >= 11 is 0. The molecule has 3 rings (SSSR count). The van der Waals surface area contributed by atoms with Crippen molar-refractivity contribution in [1.82, 2.24) is 4.90 Å². The molecule has 1 saturated carbocycles. The van der Waals surface area contributed by atoms with Crippen LogP contribution < -0.4 is 5.73 Å². The number of nitrogens with two attached hydrogens (primary N) is 1. The number of phenols is 1. The van der Waals surface area contributed by atoms with Crippen LogP contribution in [0, 0.1) is 19.8 Å². The number of nitrogens with zero attached hydrogens (tertiary/aromatic N) is 2. The lowest BCUT2D eigenvalue weighted by Gasteiger charge is -2.25. The predicted molar refractivity (Wildman–Crippen MR) is 76.8 cm³/mol. The lowest BCUT2D eigenvalue weighted by molar-refractivity contribution is 0.204. The van der Waals surface area contributed by atoms with Crippen LogP contribution >= 0.6 is 0 Å². The summed E-state index contributed by atoms with van der Waals surface area (Å²) in [5.74, 6) is 1.23. The van der Waals surface area contributed by atoms with Gasteiger partial charge in [-0.3, -0.25) is 0 Å². The average molecular weight is 273 g/mol. The molecule has 0 saturated heterocycles. The van der Waals surface area contributed by atoms with E-state index in [1.54, 1.807) is 4.90 Å². The average Bonchev–Trinajstić information content (AvgIpc) is 3.14. The van der Waals surface area contributed by atoms with Crippen molar-refractivity contribution in [2.24, 2.45) is 16.6 Å². The van der Waals surface area contributed by atoms with Gasteiger partial charge >= 0.3 is 6.03 Å². The van der Waals surface area contributed by atoms with Gasteiger partial charge in [-0.25, -0.2) is 4.79 Å². The number of hydrogen-bond donors (Lipinski definition) is 2. The molecule has 1 heterocycles. The van der Waals surface area contributed by atoms with E-state index in [1.165, 1.54) is 12.8 Å². The minimum absolute atomic E-state index is 0.247. The van der Waals surface area contributed by atoms with Gasteiger partial charge in [0.25, 0.3) is 0 Å². The maximum absolute atomic E-state index is 12.0. The first-order valence-corrected chi connectivity index (χ1v) is 6.92. The van der Waals surface area contributed by atoms with Crippen LogP contribution in [0.4, 0.5) is 4.79 Å². The third-order valence-electron chi connectivity index (χ3n) is 4.04. The minimum Gasteiger partial charge on any atom is -0.507 e. The van der Waals surface area contributed by atoms with Gasteiger partial charge in [-0.1, -0.05) is 0 Å². The van der Waals surface area contributed by atoms with E-state index in [4.69, 9.17) is 5.73 Å². The van der Waals surface area contributed by atoms with Crippen LogP contribution in [0.3, 0.4) is 0 Å². The number of urea groups is 1. The van der Waals surface area contributed by atoms with Gasteiger partial charge in [0, 0.05) is 6.54 Å². The lowest BCUT2D eigenvalue weighted by atomic mass is 9.99. The Bertz CT molecular complexity index is 582. The number of hydrogen-bond acceptors (Lipinski definition) is 3. The lowest BCUT2D eigenvalue weighted by Crippen LogP contribution is -2.34. The van der Waals surface area contributed by atoms with Crippen LogP contribution in [0.25, 0.3) is 0 Å². The fourth-order valence-corrected chi connectivity index (χ4v) is 2.77. The Hall–Kier alpha value is -2.04. The van der Waals surface area contributed by atoms with Crippen molar-refractivity contribution in [3.05, 3.63) is 28.8 Å². The summed E-state index contributed by atoms with van der Waals surface area (Å²) in [6.07, 6.45) is 2.34. The molecule has 1 unspecified atom stereocenters. The van der Waals surface area contributed by atoms with E-state index in [0.29, 0.717) is 24.0 Å². The smallest absolute Gasteiger partial charge is 0.346 e. The molecule has 2 aliphatic rings. The molecular weight excluding hydrogens is 254 g/mol. The van der Waals surface area contributed by atoms with E-state index in [0.717, 1.165) is 16.7 Å². The maximum atomic E-state index is 12.0. The Morgan fingerprint density at radius 1 is 1.35 bits per heavy atom. The van der Waals surface area contributed by atoms with Crippen molar-refractivity contribution in [2.45, 2.75) is 32.7 Å². The molecule has 5 heteroatoms. The first kappa shape index (κ1) is 13.0. The van der Waals surface area contributed by atoms with Gasteiger partial charge < -0.3 is 15.7 Å². The highest BCUT2D eigenvalue weighted by Gasteiger charge is 2.38. The molecule has 3 N–H and O–H groups in total. The Balaban J connectivity index is 1.97. The Kier molecular flexibility index (Phi) is 2.92. The molecule has 1 aromatic rings. The Labute approximate surface area is 118 Å². The molecule has 1 aliphatic heterocycles. The summed E-state index contributed by atoms with van der Waals surface area (Å²) in [7, 11) is 0. The van der Waals surface area contributed by atoms with Gasteiger partial charge in [0.1, 0.15) is 17.6 Å². The number of benzene rings is 1. The second-order valence-electron chi connectivity index (χ2n) is 5.82. The SMILES string of the molecule is Cc1cc(C2C(N)=NC(=O)N2CC2CC2)cc(C)c1O. The topological polar surface area (TPSA) is 78.9 Å². The van der Waals surface area contributed by atoms with Crippen LogP contribution in [0.1, 0.15) is 35.6 Å². The number of rotatable bonds is 3. The summed E-state index contributed by atoms with van der Waals surface area (Å²) in [6.45, 7) is 4.41. The number of aliphatic imine (C=N–C) groups is 1. The zero-order valence-corrected chi connectivity index (χ0v) is 11.8. The fraction of sp³-hybridized carbons (Fsp3) is 0.467. The van der Waals surface area contributed by atoms with E-state index < -0.39 is 0 Å². The highest BCUT2D eigenvalue weighted by atomic mass is 16.3. The standard InChI is InChI=1S/C15H19N3O2/c1-8-5-11(6-9(2)13(8)19)12-14(16)17-15(20)18(12)7-10-3-4-10/h5-6,10,12,19H,3-4,7H2,1-2H3,(H2,16,17,20). The van der Waals surface area contributed by atoms with Gasteiger partial charge in [-0.05, 0) is 61.4 Å². The van der Waals surface area contributed by atoms with Crippen LogP contribution in [0.15, 0.2) is 17.1 Å². The van der Waals surface area contributed by atoms with E-state index in [2.05, 4.69) is 4.99 Å². The number of carbonyl (C=O) groups excluding carboxylic acids is 1. The van der Waals surface area contributed by atoms with Gasteiger partial charge in [0.2, 0.25) is 0 Å². The number of aryl methyl sites for hydroxylation is 2. The second kappa shape index (κ2) is 4.51. The van der Waals surface area contributed by atoms with E-state index in [-0.39, 0.29) is 12.1 Å². The zero-order chi connectivity index (χ0) is 14.4. The summed E-state index contributed by atoms with van der Waals surface area (Å²) < 4.78 is 0. The molecule has 0 radical (unpaired) electrons. The van der Waals surface area contributed by atoms with Gasteiger partial charge in [0.05, 0.1) is 0 Å². The number of amides is 2. The summed E-state index contributed by atoms with van der Waals surface area (Å²) in [6, 6.07) is 3.23. The molecule has 1 aromatic carbocycles. The van der Waals surface area contributed by atoms with Gasteiger partial charge in [-0.15, -0.1) is 0 Å². The normalized spacial score (nSPS) is 22.3. The van der Waals surface area contributed by atoms with Crippen molar-refractivity contribution in [2.75, 3.05) is 6.54 Å². The van der Waals surface area contributed by atoms with E-state index in [9.17, 15) is 9.90 Å². The van der Waals surface area contributed by atoms with E-state index in [1.807, 2.05) is 26.0 Å². The molecular formula is C15H19N3O2. The molecule has 1 aliphatic carbocycles. The van der Waals surface area contributed by atoms with Crippen LogP contribution in [-0.2, 0) is 0 Å². The molecule has 5 nitrogen and oxygen atoms in total. The zero-order valence-electron chi connectivity index (χ0n) is 11.8. The largest absolute Gasteiger partial charge is 0.507 e. The maximum Gasteiger partial charge on any atom is 0.346 e. The first-order valence-electron chi connectivity index (χ1n) is 6.92. The molecule has 1 atom stereocenters. The predicted octanol–water partition coefficient (Wildman–Crippen LogP) is 2.25. The number of carbonyl (C=O) groups is 1. The Morgan fingerprint density at radius 2 is 1.95 bits per heavy atom. The molecule has 20 heavy (non-hydrogen) atoms. The van der Waals surface area contributed by atoms with Crippen LogP contribution in [-0.4, -0.2) is 28.4 Å². The van der Waals surface area contributed by atoms with Gasteiger partial charge in [-0.2, -0.15) is 4.99 Å². The van der Waals surface area contributed by atoms with Crippen molar-refractivity contribution in [3.8, 4) is 5.75 Å². The Morgan fingerprint density at radius 3 is 2.50 bits per heavy atom. The molecule has 0 spiro atoms. The number of phenolic OH excluding ortho intramolecular Hbond substituents is 1. The van der Waals surface area contributed by atoms with E-state index >= 15 is 0 Å². The number of amidine groups is 1. The second-order valence-corrected chi connectivity index (χ2v) is 5.82. The first-order chi connectivity index (χ1) is 9.47. The van der Waals surface area contributed by atoms with Crippen molar-refractivity contribution < 1.29 is 9.90 Å². The number of aromatic hydroxyl groups is 1. The van der Waals surface area contributed by atoms with Crippen LogP contribution in [0.5, 0.6) is 5.75 Å². The summed E-state index contributed by atoms with van der Waals surface area (Å²) in [4.78, 5) is 17.6. The molecule has 106 valence electrons. The third kappa shape index (κ3) is 2.13. The van der Waals surface area contributed by atoms with Crippen LogP contribution in [0.2, 0.25) is 0 Å². The molecule has 1 fully saturated rings. The quantitative estimate of drug-likeness (QED) is 0.886. The molecule has 0 bridgehead atoms. The van der Waals surface area contributed by atoms with Crippen molar-refractivity contribution >= 4 is 11.9 Å². The molecule has 2 amide bonds. The summed E-state index contributed by atoms with van der Waals surface area (Å²) in [5, 5.41) is 9.87. The fourth-order valence-electron chi connectivity index (χ4n) is 2.77. The highest BCUT2D eigenvalue weighted by molar-refractivity contribution is 6.03. The minimum atomic E-state index is -0.291. The van der Waals surface area contributed by atoms with Crippen molar-refractivity contribution in [1.29, 1.82) is 0 Å².